The number of hydrogen-bond acceptors (Lipinski definition) is 1. The number of halogens is 3. The van der Waals surface area contributed by atoms with Crippen LogP contribution >= 0.6 is 15.9 Å². The van der Waals surface area contributed by atoms with E-state index in [1.807, 2.05) is 0 Å². The lowest BCUT2D eigenvalue weighted by Crippen LogP contribution is -2.36. The van der Waals surface area contributed by atoms with E-state index in [2.05, 4.69) is 15.9 Å². The van der Waals surface area contributed by atoms with Crippen molar-refractivity contribution >= 4 is 21.8 Å². The second-order valence-electron chi connectivity index (χ2n) is 4.10. The Morgan fingerprint density at radius 1 is 1.18 bits per heavy atom. The van der Waals surface area contributed by atoms with Crippen LogP contribution in [0.3, 0.4) is 0 Å². The molecule has 0 saturated carbocycles. The number of hydrogen-bond donors (Lipinski definition) is 0. The standard InChI is InChI=1S/C12H12BrF2NO/c13-8-6-9(11(15)10(14)7-8)12(17)16-4-2-1-3-5-16/h6-7H,1-5H2. The summed E-state index contributed by atoms with van der Waals surface area (Å²) < 4.78 is 27.1. The van der Waals surface area contributed by atoms with Crippen molar-refractivity contribution in [1.29, 1.82) is 0 Å². The van der Waals surface area contributed by atoms with Crippen LogP contribution in [0.4, 0.5) is 8.78 Å². The molecule has 1 saturated heterocycles. The van der Waals surface area contributed by atoms with Gasteiger partial charge in [-0.25, -0.2) is 8.78 Å². The predicted octanol–water partition coefficient (Wildman–Crippen LogP) is 3.35. The second-order valence-corrected chi connectivity index (χ2v) is 5.02. The number of carbonyl (C=O) groups excluding carboxylic acids is 1. The third-order valence-corrected chi connectivity index (χ3v) is 3.32. The quantitative estimate of drug-likeness (QED) is 0.729. The van der Waals surface area contributed by atoms with E-state index < -0.39 is 17.5 Å². The van der Waals surface area contributed by atoms with Crippen molar-refractivity contribution < 1.29 is 13.6 Å². The van der Waals surface area contributed by atoms with E-state index in [9.17, 15) is 13.6 Å². The van der Waals surface area contributed by atoms with Crippen molar-refractivity contribution in [3.63, 3.8) is 0 Å². The SMILES string of the molecule is O=C(c1cc(Br)cc(F)c1F)N1CCCCC1. The Hall–Kier alpha value is -0.970. The Morgan fingerprint density at radius 2 is 1.82 bits per heavy atom. The molecular formula is C12H12BrF2NO. The van der Waals surface area contributed by atoms with E-state index in [1.54, 1.807) is 4.90 Å². The molecule has 1 aromatic rings. The van der Waals surface area contributed by atoms with Crippen molar-refractivity contribution in [2.45, 2.75) is 19.3 Å². The molecule has 17 heavy (non-hydrogen) atoms. The maximum absolute atomic E-state index is 13.5. The third kappa shape index (κ3) is 2.65. The Bertz CT molecular complexity index is 444. The highest BCUT2D eigenvalue weighted by molar-refractivity contribution is 9.10. The monoisotopic (exact) mass is 303 g/mol. The summed E-state index contributed by atoms with van der Waals surface area (Å²) in [5.74, 6) is -2.49. The van der Waals surface area contributed by atoms with Gasteiger partial charge < -0.3 is 4.90 Å². The average molecular weight is 304 g/mol. The van der Waals surface area contributed by atoms with Gasteiger partial charge in [-0.1, -0.05) is 15.9 Å². The minimum Gasteiger partial charge on any atom is -0.339 e. The molecule has 0 aromatic heterocycles. The van der Waals surface area contributed by atoms with Gasteiger partial charge in [0.05, 0.1) is 5.56 Å². The smallest absolute Gasteiger partial charge is 0.256 e. The number of nitrogens with zero attached hydrogens (tertiary/aromatic N) is 1. The summed E-state index contributed by atoms with van der Waals surface area (Å²) in [5, 5.41) is 0. The minimum absolute atomic E-state index is 0.196. The largest absolute Gasteiger partial charge is 0.339 e. The van der Waals surface area contributed by atoms with E-state index in [1.165, 1.54) is 6.07 Å². The van der Waals surface area contributed by atoms with Crippen molar-refractivity contribution in [2.24, 2.45) is 0 Å². The first-order valence-corrected chi connectivity index (χ1v) is 6.32. The molecule has 5 heteroatoms. The second kappa shape index (κ2) is 5.12. The molecule has 2 nitrogen and oxygen atoms in total. The van der Waals surface area contributed by atoms with E-state index in [0.717, 1.165) is 25.3 Å². The fourth-order valence-corrected chi connectivity index (χ4v) is 2.41. The van der Waals surface area contributed by atoms with Gasteiger partial charge in [-0.3, -0.25) is 4.79 Å². The summed E-state index contributed by atoms with van der Waals surface area (Å²) in [5.41, 5.74) is -0.196. The van der Waals surface area contributed by atoms with Crippen molar-refractivity contribution in [3.05, 3.63) is 33.8 Å². The molecule has 0 spiro atoms. The van der Waals surface area contributed by atoms with Gasteiger partial charge in [0.1, 0.15) is 0 Å². The predicted molar refractivity (Wildman–Crippen MR) is 63.8 cm³/mol. The van der Waals surface area contributed by atoms with Gasteiger partial charge in [0.15, 0.2) is 11.6 Å². The summed E-state index contributed by atoms with van der Waals surface area (Å²) in [6.45, 7) is 1.23. The van der Waals surface area contributed by atoms with Crippen LogP contribution in [0.2, 0.25) is 0 Å². The first-order chi connectivity index (χ1) is 8.09. The molecule has 1 aromatic carbocycles. The highest BCUT2D eigenvalue weighted by Crippen LogP contribution is 2.22. The zero-order valence-electron chi connectivity index (χ0n) is 9.18. The van der Waals surface area contributed by atoms with Crippen LogP contribution in [0.15, 0.2) is 16.6 Å². The summed E-state index contributed by atoms with van der Waals surface area (Å²) in [7, 11) is 0. The van der Waals surface area contributed by atoms with Gasteiger partial charge in [0.2, 0.25) is 0 Å². The summed E-state index contributed by atoms with van der Waals surface area (Å²) in [6.07, 6.45) is 2.92. The van der Waals surface area contributed by atoms with Gasteiger partial charge in [0, 0.05) is 17.6 Å². The molecule has 1 fully saturated rings. The molecule has 0 radical (unpaired) electrons. The molecule has 0 unspecified atom stereocenters. The van der Waals surface area contributed by atoms with E-state index in [-0.39, 0.29) is 5.56 Å². The third-order valence-electron chi connectivity index (χ3n) is 2.87. The van der Waals surface area contributed by atoms with Crippen molar-refractivity contribution in [1.82, 2.24) is 4.90 Å². The number of piperidine rings is 1. The molecule has 1 aliphatic rings. The Morgan fingerprint density at radius 3 is 2.47 bits per heavy atom. The molecule has 1 heterocycles. The Balaban J connectivity index is 2.29. The van der Waals surface area contributed by atoms with Crippen LogP contribution in [0.25, 0.3) is 0 Å². The lowest BCUT2D eigenvalue weighted by atomic mass is 10.1. The van der Waals surface area contributed by atoms with E-state index >= 15 is 0 Å². The van der Waals surface area contributed by atoms with Crippen LogP contribution in [0.1, 0.15) is 29.6 Å². The van der Waals surface area contributed by atoms with E-state index in [4.69, 9.17) is 0 Å². The first kappa shape index (κ1) is 12.5. The van der Waals surface area contributed by atoms with Crippen LogP contribution in [0.5, 0.6) is 0 Å². The molecule has 1 amide bonds. The Labute approximate surface area is 107 Å². The average Bonchev–Trinajstić information content (AvgIpc) is 2.34. The molecule has 0 N–H and O–H groups in total. The highest BCUT2D eigenvalue weighted by atomic mass is 79.9. The molecule has 0 bridgehead atoms. The lowest BCUT2D eigenvalue weighted by molar-refractivity contribution is 0.0718. The van der Waals surface area contributed by atoms with E-state index in [0.29, 0.717) is 17.6 Å². The van der Waals surface area contributed by atoms with Gasteiger partial charge in [-0.15, -0.1) is 0 Å². The van der Waals surface area contributed by atoms with Crippen LogP contribution in [-0.2, 0) is 0 Å². The minimum atomic E-state index is -1.07. The summed E-state index contributed by atoms with van der Waals surface area (Å²) in [6, 6.07) is 2.34. The fraction of sp³-hybridized carbons (Fsp3) is 0.417. The highest BCUT2D eigenvalue weighted by Gasteiger charge is 2.23. The van der Waals surface area contributed by atoms with Gasteiger partial charge in [-0.05, 0) is 31.4 Å². The summed E-state index contributed by atoms with van der Waals surface area (Å²) in [4.78, 5) is 13.6. The Kier molecular flexibility index (Phi) is 3.76. The topological polar surface area (TPSA) is 20.3 Å². The number of rotatable bonds is 1. The van der Waals surface area contributed by atoms with Crippen molar-refractivity contribution in [3.8, 4) is 0 Å². The molecule has 92 valence electrons. The van der Waals surface area contributed by atoms with Gasteiger partial charge >= 0.3 is 0 Å². The van der Waals surface area contributed by atoms with Gasteiger partial charge in [0.25, 0.3) is 5.91 Å². The molecule has 1 aliphatic heterocycles. The first-order valence-electron chi connectivity index (χ1n) is 5.53. The van der Waals surface area contributed by atoms with Crippen LogP contribution in [0, 0.1) is 11.6 Å². The maximum Gasteiger partial charge on any atom is 0.256 e. The van der Waals surface area contributed by atoms with Gasteiger partial charge in [-0.2, -0.15) is 0 Å². The van der Waals surface area contributed by atoms with Crippen LogP contribution < -0.4 is 0 Å². The summed E-state index contributed by atoms with van der Waals surface area (Å²) >= 11 is 3.06. The fourth-order valence-electron chi connectivity index (χ4n) is 1.98. The molecular weight excluding hydrogens is 292 g/mol. The van der Waals surface area contributed by atoms with Crippen molar-refractivity contribution in [2.75, 3.05) is 13.1 Å². The number of carbonyl (C=O) groups is 1. The lowest BCUT2D eigenvalue weighted by Gasteiger charge is -2.26. The number of likely N-dealkylation sites (tertiary alicyclic amines) is 1. The molecule has 0 atom stereocenters. The molecule has 0 aliphatic carbocycles. The maximum atomic E-state index is 13.5. The normalized spacial score (nSPS) is 16.1. The van der Waals surface area contributed by atoms with Crippen LogP contribution in [-0.4, -0.2) is 23.9 Å². The number of amides is 1. The molecule has 2 rings (SSSR count). The zero-order valence-corrected chi connectivity index (χ0v) is 10.8. The zero-order chi connectivity index (χ0) is 12.4. The number of benzene rings is 1.